The Morgan fingerprint density at radius 3 is 2.54 bits per heavy atom. The highest BCUT2D eigenvalue weighted by molar-refractivity contribution is 6.04. The molecule has 0 unspecified atom stereocenters. The zero-order valence-electron chi connectivity index (χ0n) is 12.8. The lowest BCUT2D eigenvalue weighted by atomic mass is 10.1. The maximum absolute atomic E-state index is 12.3. The lowest BCUT2D eigenvalue weighted by Gasteiger charge is -2.06. The highest BCUT2D eigenvalue weighted by Gasteiger charge is 2.09. The highest BCUT2D eigenvalue weighted by atomic mass is 16.1. The molecule has 4 rings (SSSR count). The first kappa shape index (κ1) is 14.1. The monoisotopic (exact) mass is 314 g/mol. The number of benzene rings is 2. The van der Waals surface area contributed by atoms with Gasteiger partial charge >= 0.3 is 0 Å². The molecule has 0 aliphatic heterocycles. The number of hydrogen-bond acceptors (Lipinski definition) is 3. The molecule has 5 nitrogen and oxygen atoms in total. The van der Waals surface area contributed by atoms with Gasteiger partial charge in [-0.1, -0.05) is 30.3 Å². The second-order valence-corrected chi connectivity index (χ2v) is 5.35. The van der Waals surface area contributed by atoms with Crippen molar-refractivity contribution in [1.29, 1.82) is 0 Å². The third-order valence-electron chi connectivity index (χ3n) is 3.79. The van der Waals surface area contributed by atoms with E-state index in [1.165, 1.54) is 0 Å². The Kier molecular flexibility index (Phi) is 3.51. The van der Waals surface area contributed by atoms with Crippen LogP contribution >= 0.6 is 0 Å². The minimum absolute atomic E-state index is 0.130. The average Bonchev–Trinajstić information content (AvgIpc) is 3.07. The lowest BCUT2D eigenvalue weighted by Crippen LogP contribution is -2.11. The molecule has 0 saturated carbocycles. The number of aromatic nitrogens is 3. The predicted molar refractivity (Wildman–Crippen MR) is 92.8 cm³/mol. The van der Waals surface area contributed by atoms with E-state index in [0.29, 0.717) is 5.56 Å². The molecule has 24 heavy (non-hydrogen) atoms. The van der Waals surface area contributed by atoms with Crippen LogP contribution in [0.25, 0.3) is 16.9 Å². The van der Waals surface area contributed by atoms with Crippen molar-refractivity contribution in [2.24, 2.45) is 0 Å². The fourth-order valence-corrected chi connectivity index (χ4v) is 2.57. The Labute approximate surface area is 138 Å². The van der Waals surface area contributed by atoms with Gasteiger partial charge in [-0.25, -0.2) is 4.98 Å². The van der Waals surface area contributed by atoms with E-state index in [-0.39, 0.29) is 5.91 Å². The molecule has 2 aromatic carbocycles. The maximum atomic E-state index is 12.3. The quantitative estimate of drug-likeness (QED) is 0.628. The molecule has 0 atom stereocenters. The van der Waals surface area contributed by atoms with E-state index in [1.807, 2.05) is 65.2 Å². The van der Waals surface area contributed by atoms with Gasteiger partial charge in [0.1, 0.15) is 0 Å². The summed E-state index contributed by atoms with van der Waals surface area (Å²) in [5, 5.41) is 2.88. The van der Waals surface area contributed by atoms with Crippen LogP contribution in [0.15, 0.2) is 79.4 Å². The van der Waals surface area contributed by atoms with Crippen molar-refractivity contribution in [3.05, 3.63) is 84.9 Å². The summed E-state index contributed by atoms with van der Waals surface area (Å²) in [4.78, 5) is 20.7. The van der Waals surface area contributed by atoms with E-state index < -0.39 is 0 Å². The Balaban J connectivity index is 1.60. The van der Waals surface area contributed by atoms with Crippen LogP contribution in [0.3, 0.4) is 0 Å². The number of rotatable bonds is 3. The van der Waals surface area contributed by atoms with Gasteiger partial charge in [-0.15, -0.1) is 0 Å². The van der Waals surface area contributed by atoms with Crippen LogP contribution in [-0.4, -0.2) is 20.3 Å². The average molecular weight is 314 g/mol. The second kappa shape index (κ2) is 5.96. The largest absolute Gasteiger partial charge is 0.322 e. The third kappa shape index (κ3) is 2.63. The van der Waals surface area contributed by atoms with Gasteiger partial charge in [0.25, 0.3) is 5.91 Å². The topological polar surface area (TPSA) is 59.3 Å². The van der Waals surface area contributed by atoms with Crippen molar-refractivity contribution in [3.8, 4) is 11.3 Å². The van der Waals surface area contributed by atoms with Crippen LogP contribution in [0.5, 0.6) is 0 Å². The van der Waals surface area contributed by atoms with Crippen molar-refractivity contribution in [2.45, 2.75) is 0 Å². The van der Waals surface area contributed by atoms with Gasteiger partial charge in [-0.05, 0) is 24.3 Å². The summed E-state index contributed by atoms with van der Waals surface area (Å²) in [5.41, 5.74) is 4.13. The first-order valence-electron chi connectivity index (χ1n) is 7.55. The molecular formula is C19H14N4O. The molecule has 0 aliphatic rings. The van der Waals surface area contributed by atoms with E-state index in [2.05, 4.69) is 15.3 Å². The Morgan fingerprint density at radius 1 is 0.958 bits per heavy atom. The minimum Gasteiger partial charge on any atom is -0.322 e. The van der Waals surface area contributed by atoms with E-state index in [1.54, 1.807) is 18.6 Å². The number of hydrogen-bond donors (Lipinski definition) is 1. The molecule has 2 heterocycles. The summed E-state index contributed by atoms with van der Waals surface area (Å²) in [6.07, 6.45) is 7.11. The van der Waals surface area contributed by atoms with Crippen molar-refractivity contribution in [3.63, 3.8) is 0 Å². The van der Waals surface area contributed by atoms with E-state index in [9.17, 15) is 4.79 Å². The highest BCUT2D eigenvalue weighted by Crippen LogP contribution is 2.21. The molecule has 0 aliphatic carbocycles. The molecule has 0 bridgehead atoms. The fraction of sp³-hybridized carbons (Fsp3) is 0. The molecule has 1 amide bonds. The number of carbonyl (C=O) groups excluding carboxylic acids is 1. The summed E-state index contributed by atoms with van der Waals surface area (Å²) in [5.74, 6) is -0.130. The van der Waals surface area contributed by atoms with Crippen LogP contribution < -0.4 is 5.32 Å². The fourth-order valence-electron chi connectivity index (χ4n) is 2.57. The van der Waals surface area contributed by atoms with Crippen molar-refractivity contribution < 1.29 is 4.79 Å². The summed E-state index contributed by atoms with van der Waals surface area (Å²) < 4.78 is 1.96. The van der Waals surface area contributed by atoms with E-state index >= 15 is 0 Å². The van der Waals surface area contributed by atoms with E-state index in [0.717, 1.165) is 22.6 Å². The van der Waals surface area contributed by atoms with Gasteiger partial charge in [-0.3, -0.25) is 14.2 Å². The Bertz CT molecular complexity index is 991. The zero-order valence-corrected chi connectivity index (χ0v) is 12.8. The first-order valence-corrected chi connectivity index (χ1v) is 7.55. The van der Waals surface area contributed by atoms with Crippen LogP contribution in [0.1, 0.15) is 10.4 Å². The number of carbonyl (C=O) groups is 1. The normalized spacial score (nSPS) is 10.7. The number of imidazole rings is 1. The van der Waals surface area contributed by atoms with Crippen molar-refractivity contribution >= 4 is 17.2 Å². The Morgan fingerprint density at radius 2 is 1.75 bits per heavy atom. The Hall–Kier alpha value is -3.47. The number of nitrogens with one attached hydrogen (secondary N) is 1. The SMILES string of the molecule is O=C(Nc1ccccc1)c1ccc(-c2cnc3cnccn23)cc1. The number of anilines is 1. The smallest absolute Gasteiger partial charge is 0.255 e. The number of nitrogens with zero attached hydrogens (tertiary/aromatic N) is 3. The molecule has 2 aromatic heterocycles. The van der Waals surface area contributed by atoms with Crippen LogP contribution in [0.4, 0.5) is 5.69 Å². The third-order valence-corrected chi connectivity index (χ3v) is 3.79. The van der Waals surface area contributed by atoms with Crippen LogP contribution in [0, 0.1) is 0 Å². The molecule has 1 N–H and O–H groups in total. The standard InChI is InChI=1S/C19H14N4O/c24-19(22-16-4-2-1-3-5-16)15-8-6-14(7-9-15)17-12-21-18-13-20-10-11-23(17)18/h1-13H,(H,22,24). The van der Waals surface area contributed by atoms with Gasteiger partial charge in [0.05, 0.1) is 18.1 Å². The molecule has 0 saturated heterocycles. The molecule has 0 spiro atoms. The summed E-state index contributed by atoms with van der Waals surface area (Å²) >= 11 is 0. The molecule has 4 aromatic rings. The van der Waals surface area contributed by atoms with Crippen LogP contribution in [-0.2, 0) is 0 Å². The summed E-state index contributed by atoms with van der Waals surface area (Å²) in [6, 6.07) is 16.9. The summed E-state index contributed by atoms with van der Waals surface area (Å²) in [7, 11) is 0. The molecule has 5 heteroatoms. The van der Waals surface area contributed by atoms with Crippen molar-refractivity contribution in [1.82, 2.24) is 14.4 Å². The van der Waals surface area contributed by atoms with Gasteiger partial charge in [0, 0.05) is 29.2 Å². The lowest BCUT2D eigenvalue weighted by molar-refractivity contribution is 0.102. The van der Waals surface area contributed by atoms with Gasteiger partial charge in [-0.2, -0.15) is 0 Å². The van der Waals surface area contributed by atoms with Gasteiger partial charge < -0.3 is 5.32 Å². The number of amides is 1. The molecule has 0 radical (unpaired) electrons. The van der Waals surface area contributed by atoms with Crippen molar-refractivity contribution in [2.75, 3.05) is 5.32 Å². The predicted octanol–water partition coefficient (Wildman–Crippen LogP) is 3.65. The van der Waals surface area contributed by atoms with Gasteiger partial charge in [0.2, 0.25) is 0 Å². The van der Waals surface area contributed by atoms with Gasteiger partial charge in [0.15, 0.2) is 5.65 Å². The minimum atomic E-state index is -0.130. The molecule has 0 fully saturated rings. The molecular weight excluding hydrogens is 300 g/mol. The second-order valence-electron chi connectivity index (χ2n) is 5.35. The molecule has 116 valence electrons. The summed E-state index contributed by atoms with van der Waals surface area (Å²) in [6.45, 7) is 0. The zero-order chi connectivity index (χ0) is 16.4. The first-order chi connectivity index (χ1) is 11.8. The number of para-hydroxylation sites is 1. The number of fused-ring (bicyclic) bond motifs is 1. The van der Waals surface area contributed by atoms with Crippen LogP contribution in [0.2, 0.25) is 0 Å². The maximum Gasteiger partial charge on any atom is 0.255 e. The van der Waals surface area contributed by atoms with E-state index in [4.69, 9.17) is 0 Å².